The molecule has 1 aromatic carbocycles. The quantitative estimate of drug-likeness (QED) is 0.892. The zero-order valence-electron chi connectivity index (χ0n) is 11.8. The van der Waals surface area contributed by atoms with Gasteiger partial charge in [0.05, 0.1) is 6.42 Å². The van der Waals surface area contributed by atoms with Gasteiger partial charge in [0.2, 0.25) is 11.9 Å². The Bertz CT molecular complexity index is 722. The Morgan fingerprint density at radius 1 is 1.43 bits per heavy atom. The van der Waals surface area contributed by atoms with Crippen LogP contribution >= 0.6 is 0 Å². The molecule has 3 rings (SSSR count). The number of hydrogen-bond donors (Lipinski definition) is 2. The molecule has 1 aliphatic rings. The number of amides is 2. The highest BCUT2D eigenvalue weighted by Gasteiger charge is 2.34. The molecule has 0 spiro atoms. The topological polar surface area (TPSA) is 88.9 Å². The van der Waals surface area contributed by atoms with Gasteiger partial charge in [-0.2, -0.15) is 10.1 Å². The molecule has 1 aromatic heterocycles. The summed E-state index contributed by atoms with van der Waals surface area (Å²) in [6, 6.07) is 6.85. The van der Waals surface area contributed by atoms with E-state index < -0.39 is 6.04 Å². The van der Waals surface area contributed by atoms with Crippen molar-refractivity contribution < 1.29 is 9.59 Å². The molecule has 7 nitrogen and oxygen atoms in total. The molecule has 0 bridgehead atoms. The molecule has 2 heterocycles. The molecule has 2 amide bonds. The standard InChI is InChI=1S/C14H15N5O2/c1-8-4-3-5-10(6-8)16-12(20)7-11-13(21)17-14-15-9(2)18-19(11)14/h3-6,11H,7H2,1-2H3,(H,16,20)(H,15,17,18,21). The summed E-state index contributed by atoms with van der Waals surface area (Å²) in [6.45, 7) is 3.69. The number of hydrogen-bond acceptors (Lipinski definition) is 4. The van der Waals surface area contributed by atoms with E-state index in [0.29, 0.717) is 17.5 Å². The van der Waals surface area contributed by atoms with Gasteiger partial charge in [0.15, 0.2) is 0 Å². The first-order chi connectivity index (χ1) is 10.0. The maximum absolute atomic E-state index is 12.1. The van der Waals surface area contributed by atoms with Crippen LogP contribution in [0.1, 0.15) is 23.9 Å². The molecule has 1 atom stereocenters. The van der Waals surface area contributed by atoms with Crippen LogP contribution in [-0.4, -0.2) is 26.6 Å². The lowest BCUT2D eigenvalue weighted by Crippen LogP contribution is -2.23. The molecule has 2 N–H and O–H groups in total. The second kappa shape index (κ2) is 5.01. The largest absolute Gasteiger partial charge is 0.326 e. The van der Waals surface area contributed by atoms with Crippen molar-refractivity contribution in [2.24, 2.45) is 0 Å². The average Bonchev–Trinajstić information content (AvgIpc) is 2.87. The van der Waals surface area contributed by atoms with Crippen LogP contribution in [0.5, 0.6) is 0 Å². The van der Waals surface area contributed by atoms with Crippen LogP contribution in [0.15, 0.2) is 24.3 Å². The lowest BCUT2D eigenvalue weighted by atomic mass is 10.2. The van der Waals surface area contributed by atoms with E-state index in [4.69, 9.17) is 0 Å². The molecule has 0 fully saturated rings. The maximum atomic E-state index is 12.1. The van der Waals surface area contributed by atoms with Gasteiger partial charge in [0, 0.05) is 5.69 Å². The third kappa shape index (κ3) is 2.62. The van der Waals surface area contributed by atoms with Crippen LogP contribution in [-0.2, 0) is 9.59 Å². The first-order valence-corrected chi connectivity index (χ1v) is 6.63. The zero-order valence-corrected chi connectivity index (χ0v) is 11.8. The number of aryl methyl sites for hydroxylation is 2. The van der Waals surface area contributed by atoms with Crippen molar-refractivity contribution in [3.63, 3.8) is 0 Å². The Balaban J connectivity index is 1.71. The molecule has 0 aliphatic carbocycles. The highest BCUT2D eigenvalue weighted by Crippen LogP contribution is 2.25. The first kappa shape index (κ1) is 13.3. The number of rotatable bonds is 3. The van der Waals surface area contributed by atoms with Gasteiger partial charge in [-0.1, -0.05) is 12.1 Å². The Kier molecular flexibility index (Phi) is 3.17. The fourth-order valence-corrected chi connectivity index (χ4v) is 2.33. The van der Waals surface area contributed by atoms with Gasteiger partial charge in [-0.3, -0.25) is 14.9 Å². The van der Waals surface area contributed by atoms with Crippen molar-refractivity contribution in [2.45, 2.75) is 26.3 Å². The lowest BCUT2D eigenvalue weighted by molar-refractivity contribution is -0.123. The molecule has 21 heavy (non-hydrogen) atoms. The predicted molar refractivity (Wildman–Crippen MR) is 76.9 cm³/mol. The number of carbonyl (C=O) groups is 2. The number of carbonyl (C=O) groups excluding carboxylic acids is 2. The van der Waals surface area contributed by atoms with Crippen LogP contribution in [0.25, 0.3) is 0 Å². The van der Waals surface area contributed by atoms with E-state index in [0.717, 1.165) is 5.56 Å². The average molecular weight is 285 g/mol. The summed E-state index contributed by atoms with van der Waals surface area (Å²) in [7, 11) is 0. The highest BCUT2D eigenvalue weighted by atomic mass is 16.2. The van der Waals surface area contributed by atoms with Gasteiger partial charge in [-0.15, -0.1) is 0 Å². The van der Waals surface area contributed by atoms with E-state index in [2.05, 4.69) is 20.7 Å². The van der Waals surface area contributed by atoms with Crippen molar-refractivity contribution in [3.05, 3.63) is 35.7 Å². The summed E-state index contributed by atoms with van der Waals surface area (Å²) in [4.78, 5) is 28.0. The van der Waals surface area contributed by atoms with E-state index in [9.17, 15) is 9.59 Å². The number of aromatic nitrogens is 3. The van der Waals surface area contributed by atoms with Crippen LogP contribution in [0.4, 0.5) is 11.6 Å². The fourth-order valence-electron chi connectivity index (χ4n) is 2.33. The molecular formula is C14H15N5O2. The smallest absolute Gasteiger partial charge is 0.252 e. The second-order valence-electron chi connectivity index (χ2n) is 5.05. The van der Waals surface area contributed by atoms with Gasteiger partial charge in [0.1, 0.15) is 11.9 Å². The summed E-state index contributed by atoms with van der Waals surface area (Å²) in [6.07, 6.45) is 0.0234. The lowest BCUT2D eigenvalue weighted by Gasteiger charge is -2.10. The van der Waals surface area contributed by atoms with Gasteiger partial charge in [-0.05, 0) is 31.5 Å². The maximum Gasteiger partial charge on any atom is 0.252 e. The van der Waals surface area contributed by atoms with E-state index in [1.54, 1.807) is 6.92 Å². The predicted octanol–water partition coefficient (Wildman–Crippen LogP) is 1.42. The number of nitrogens with one attached hydrogen (secondary N) is 2. The van der Waals surface area contributed by atoms with Crippen molar-refractivity contribution in [2.75, 3.05) is 10.6 Å². The van der Waals surface area contributed by atoms with Gasteiger partial charge < -0.3 is 5.32 Å². The Hall–Kier alpha value is -2.70. The SMILES string of the molecule is Cc1cccc(NC(=O)CC2C(=O)Nc3nc(C)nn32)c1. The fraction of sp³-hybridized carbons (Fsp3) is 0.286. The van der Waals surface area contributed by atoms with Crippen molar-refractivity contribution in [3.8, 4) is 0 Å². The third-order valence-electron chi connectivity index (χ3n) is 3.25. The molecule has 1 aliphatic heterocycles. The molecule has 0 saturated carbocycles. The molecular weight excluding hydrogens is 270 g/mol. The van der Waals surface area contributed by atoms with E-state index >= 15 is 0 Å². The van der Waals surface area contributed by atoms with E-state index in [1.807, 2.05) is 31.2 Å². The summed E-state index contributed by atoms with van der Waals surface area (Å²) in [5.74, 6) is 0.464. The van der Waals surface area contributed by atoms with E-state index in [1.165, 1.54) is 4.68 Å². The minimum absolute atomic E-state index is 0.0234. The minimum Gasteiger partial charge on any atom is -0.326 e. The van der Waals surface area contributed by atoms with Crippen molar-refractivity contribution in [1.29, 1.82) is 0 Å². The monoisotopic (exact) mass is 285 g/mol. The van der Waals surface area contributed by atoms with Gasteiger partial charge in [-0.25, -0.2) is 4.68 Å². The minimum atomic E-state index is -0.647. The number of nitrogens with zero attached hydrogens (tertiary/aromatic N) is 3. The first-order valence-electron chi connectivity index (χ1n) is 6.63. The molecule has 0 radical (unpaired) electrons. The Morgan fingerprint density at radius 3 is 3.00 bits per heavy atom. The molecule has 1 unspecified atom stereocenters. The molecule has 0 saturated heterocycles. The number of anilines is 2. The molecule has 2 aromatic rings. The Labute approximate surface area is 121 Å². The molecule has 7 heteroatoms. The third-order valence-corrected chi connectivity index (χ3v) is 3.25. The number of benzene rings is 1. The van der Waals surface area contributed by atoms with Crippen molar-refractivity contribution in [1.82, 2.24) is 14.8 Å². The summed E-state index contributed by atoms with van der Waals surface area (Å²) >= 11 is 0. The van der Waals surface area contributed by atoms with Crippen LogP contribution < -0.4 is 10.6 Å². The zero-order chi connectivity index (χ0) is 15.0. The van der Waals surface area contributed by atoms with E-state index in [-0.39, 0.29) is 18.2 Å². The second-order valence-corrected chi connectivity index (χ2v) is 5.05. The van der Waals surface area contributed by atoms with Crippen LogP contribution in [0, 0.1) is 13.8 Å². The Morgan fingerprint density at radius 2 is 2.24 bits per heavy atom. The molecule has 108 valence electrons. The highest BCUT2D eigenvalue weighted by molar-refractivity contribution is 6.00. The summed E-state index contributed by atoms with van der Waals surface area (Å²) in [5, 5.41) is 9.54. The summed E-state index contributed by atoms with van der Waals surface area (Å²) in [5.41, 5.74) is 1.77. The summed E-state index contributed by atoms with van der Waals surface area (Å²) < 4.78 is 1.47. The van der Waals surface area contributed by atoms with Crippen LogP contribution in [0.2, 0.25) is 0 Å². The van der Waals surface area contributed by atoms with Gasteiger partial charge >= 0.3 is 0 Å². The van der Waals surface area contributed by atoms with Crippen LogP contribution in [0.3, 0.4) is 0 Å². The van der Waals surface area contributed by atoms with Crippen molar-refractivity contribution >= 4 is 23.5 Å². The normalized spacial score (nSPS) is 16.5. The number of fused-ring (bicyclic) bond motifs is 1. The van der Waals surface area contributed by atoms with Gasteiger partial charge in [0.25, 0.3) is 5.91 Å².